The van der Waals surface area contributed by atoms with Gasteiger partial charge < -0.3 is 14.8 Å². The van der Waals surface area contributed by atoms with Crippen LogP contribution in [0, 0.1) is 11.8 Å². The minimum atomic E-state index is 0.373. The van der Waals surface area contributed by atoms with Crippen LogP contribution in [0.5, 0.6) is 0 Å². The van der Waals surface area contributed by atoms with Gasteiger partial charge in [-0.3, -0.25) is 9.89 Å². The van der Waals surface area contributed by atoms with Crippen LogP contribution in [-0.2, 0) is 0 Å². The van der Waals surface area contributed by atoms with Crippen molar-refractivity contribution in [1.29, 1.82) is 0 Å². The second kappa shape index (κ2) is 10.0. The van der Waals surface area contributed by atoms with E-state index in [9.17, 15) is 0 Å². The molecule has 0 amide bonds. The van der Waals surface area contributed by atoms with Gasteiger partial charge in [0.25, 0.3) is 0 Å². The molecule has 1 aromatic heterocycles. The van der Waals surface area contributed by atoms with Gasteiger partial charge in [-0.15, -0.1) is 0 Å². The molecule has 2 fully saturated rings. The fourth-order valence-electron chi connectivity index (χ4n) is 5.34. The highest BCUT2D eigenvalue weighted by Crippen LogP contribution is 2.35. The quantitative estimate of drug-likeness (QED) is 0.572. The molecular weight excluding hydrogens is 408 g/mol. The number of nitrogens with one attached hydrogen (secondary N) is 1. The van der Waals surface area contributed by atoms with Crippen LogP contribution < -0.4 is 5.32 Å². The summed E-state index contributed by atoms with van der Waals surface area (Å²) in [7, 11) is 4.13. The molecule has 0 bridgehead atoms. The summed E-state index contributed by atoms with van der Waals surface area (Å²) in [5.74, 6) is 2.15. The van der Waals surface area contributed by atoms with Gasteiger partial charge in [-0.2, -0.15) is 0 Å². The number of piperidine rings is 2. The molecule has 4 unspecified atom stereocenters. The molecule has 31 heavy (non-hydrogen) atoms. The van der Waals surface area contributed by atoms with Gasteiger partial charge in [-0.05, 0) is 62.4 Å². The number of guanidine groups is 1. The summed E-state index contributed by atoms with van der Waals surface area (Å²) in [5.41, 5.74) is 1.31. The highest BCUT2D eigenvalue weighted by Gasteiger charge is 2.32. The monoisotopic (exact) mass is 442 g/mol. The van der Waals surface area contributed by atoms with Crippen LogP contribution in [0.1, 0.15) is 43.8 Å². The minimum absolute atomic E-state index is 0.373. The molecule has 2 saturated heterocycles. The Labute approximate surface area is 191 Å². The van der Waals surface area contributed by atoms with Gasteiger partial charge in [-0.1, -0.05) is 30.7 Å². The van der Waals surface area contributed by atoms with E-state index in [2.05, 4.69) is 68.0 Å². The number of likely N-dealkylation sites (tertiary alicyclic amines) is 2. The second-order valence-corrected chi connectivity index (χ2v) is 9.54. The summed E-state index contributed by atoms with van der Waals surface area (Å²) in [6, 6.07) is 9.15. The molecule has 1 N–H and O–H groups in total. The predicted molar refractivity (Wildman–Crippen MR) is 128 cm³/mol. The van der Waals surface area contributed by atoms with Crippen LogP contribution in [0.15, 0.2) is 48.0 Å². The molecule has 3 heterocycles. The van der Waals surface area contributed by atoms with Crippen molar-refractivity contribution in [2.45, 2.75) is 38.3 Å². The van der Waals surface area contributed by atoms with E-state index in [-0.39, 0.29) is 0 Å². The van der Waals surface area contributed by atoms with Crippen molar-refractivity contribution < 1.29 is 0 Å². The molecule has 0 saturated carbocycles. The lowest BCUT2D eigenvalue weighted by atomic mass is 9.85. The summed E-state index contributed by atoms with van der Waals surface area (Å²) < 4.78 is 2.25. The molecule has 0 radical (unpaired) electrons. The molecular formula is C24H35ClN6. The maximum Gasteiger partial charge on any atom is 0.193 e. The van der Waals surface area contributed by atoms with E-state index in [1.807, 2.05) is 25.6 Å². The largest absolute Gasteiger partial charge is 0.356 e. The number of aliphatic imine (C=N–C) groups is 1. The Morgan fingerprint density at radius 3 is 2.90 bits per heavy atom. The molecule has 4 atom stereocenters. The van der Waals surface area contributed by atoms with E-state index in [0.717, 1.165) is 43.6 Å². The lowest BCUT2D eigenvalue weighted by Crippen LogP contribution is -2.51. The highest BCUT2D eigenvalue weighted by atomic mass is 35.5. The molecule has 0 spiro atoms. The standard InChI is InChI=1S/C24H35ClN6/c1-18-9-12-30(16-22(18)31-13-10-27-17-31)24(26-2)28-15-20-7-5-11-29(3)23(20)19-6-4-8-21(25)14-19/h4,6,8,10,13-14,17-18,20,22-23H,5,7,9,11-12,15-16H2,1-3H3,(H,26,28). The third-order valence-corrected chi connectivity index (χ3v) is 7.29. The van der Waals surface area contributed by atoms with E-state index in [1.165, 1.54) is 18.4 Å². The number of rotatable bonds is 4. The Balaban J connectivity index is 1.43. The van der Waals surface area contributed by atoms with E-state index in [1.54, 1.807) is 0 Å². The molecule has 4 rings (SSSR count). The number of hydrogen-bond donors (Lipinski definition) is 1. The summed E-state index contributed by atoms with van der Waals surface area (Å²) in [4.78, 5) is 13.8. The first kappa shape index (κ1) is 22.2. The van der Waals surface area contributed by atoms with Gasteiger partial charge in [0.05, 0.1) is 12.4 Å². The zero-order valence-electron chi connectivity index (χ0n) is 18.9. The maximum atomic E-state index is 6.31. The molecule has 6 nitrogen and oxygen atoms in total. The van der Waals surface area contributed by atoms with Crippen LogP contribution in [-0.4, -0.2) is 65.6 Å². The predicted octanol–water partition coefficient (Wildman–Crippen LogP) is 4.08. The van der Waals surface area contributed by atoms with E-state index >= 15 is 0 Å². The number of imidazole rings is 1. The Morgan fingerprint density at radius 1 is 1.29 bits per heavy atom. The molecule has 0 aliphatic carbocycles. The van der Waals surface area contributed by atoms with Gasteiger partial charge in [0.2, 0.25) is 0 Å². The van der Waals surface area contributed by atoms with E-state index in [4.69, 9.17) is 11.6 Å². The number of halogens is 1. The smallest absolute Gasteiger partial charge is 0.193 e. The van der Waals surface area contributed by atoms with Gasteiger partial charge in [-0.25, -0.2) is 4.98 Å². The van der Waals surface area contributed by atoms with Crippen molar-refractivity contribution in [2.24, 2.45) is 16.8 Å². The lowest BCUT2D eigenvalue weighted by Gasteiger charge is -2.42. The minimum Gasteiger partial charge on any atom is -0.356 e. The van der Waals surface area contributed by atoms with Crippen LogP contribution in [0.2, 0.25) is 5.02 Å². The van der Waals surface area contributed by atoms with Crippen molar-refractivity contribution in [3.63, 3.8) is 0 Å². The first-order chi connectivity index (χ1) is 15.1. The van der Waals surface area contributed by atoms with Gasteiger partial charge >= 0.3 is 0 Å². The number of benzene rings is 1. The molecule has 2 aromatic rings. The molecule has 168 valence electrons. The van der Waals surface area contributed by atoms with Crippen molar-refractivity contribution in [3.8, 4) is 0 Å². The third kappa shape index (κ3) is 5.07. The summed E-state index contributed by atoms with van der Waals surface area (Å²) in [6.07, 6.45) is 9.47. The van der Waals surface area contributed by atoms with Crippen LogP contribution in [0.3, 0.4) is 0 Å². The average molecular weight is 443 g/mol. The zero-order chi connectivity index (χ0) is 21.8. The molecule has 7 heteroatoms. The van der Waals surface area contributed by atoms with Crippen molar-refractivity contribution in [3.05, 3.63) is 53.6 Å². The Bertz CT molecular complexity index is 867. The molecule has 2 aliphatic rings. The van der Waals surface area contributed by atoms with Gasteiger partial charge in [0.15, 0.2) is 5.96 Å². The van der Waals surface area contributed by atoms with Crippen molar-refractivity contribution >= 4 is 17.6 Å². The Kier molecular flexibility index (Phi) is 7.18. The molecule has 1 aromatic carbocycles. The van der Waals surface area contributed by atoms with Crippen LogP contribution in [0.25, 0.3) is 0 Å². The normalized spacial score (nSPS) is 28.0. The summed E-state index contributed by atoms with van der Waals surface area (Å²) >= 11 is 6.31. The first-order valence-corrected chi connectivity index (χ1v) is 11.8. The SMILES string of the molecule is CN=C(NCC1CCCN(C)C1c1cccc(Cl)c1)N1CCC(C)C(n2ccnc2)C1. The maximum absolute atomic E-state index is 6.31. The van der Waals surface area contributed by atoms with Crippen molar-refractivity contribution in [2.75, 3.05) is 40.3 Å². The first-order valence-electron chi connectivity index (χ1n) is 11.5. The summed E-state index contributed by atoms with van der Waals surface area (Å²) in [5, 5.41) is 4.53. The number of nitrogens with zero attached hydrogens (tertiary/aromatic N) is 5. The molecule has 2 aliphatic heterocycles. The Hall–Kier alpha value is -2.05. The fraction of sp³-hybridized carbons (Fsp3) is 0.583. The Morgan fingerprint density at radius 2 is 2.16 bits per heavy atom. The summed E-state index contributed by atoms with van der Waals surface area (Å²) in [6.45, 7) is 6.37. The van der Waals surface area contributed by atoms with Crippen LogP contribution in [0.4, 0.5) is 0 Å². The third-order valence-electron chi connectivity index (χ3n) is 7.06. The number of hydrogen-bond acceptors (Lipinski definition) is 3. The topological polar surface area (TPSA) is 48.7 Å². The van der Waals surface area contributed by atoms with Gasteiger partial charge in [0.1, 0.15) is 0 Å². The second-order valence-electron chi connectivity index (χ2n) is 9.10. The van der Waals surface area contributed by atoms with E-state index in [0.29, 0.717) is 23.9 Å². The van der Waals surface area contributed by atoms with Crippen molar-refractivity contribution in [1.82, 2.24) is 24.7 Å². The van der Waals surface area contributed by atoms with Gasteiger partial charge in [0, 0.05) is 50.1 Å². The van der Waals surface area contributed by atoms with Crippen LogP contribution >= 0.6 is 11.6 Å². The average Bonchev–Trinajstić information content (AvgIpc) is 3.30. The highest BCUT2D eigenvalue weighted by molar-refractivity contribution is 6.30. The number of aromatic nitrogens is 2. The van der Waals surface area contributed by atoms with E-state index < -0.39 is 0 Å². The lowest BCUT2D eigenvalue weighted by molar-refractivity contribution is 0.121. The zero-order valence-corrected chi connectivity index (χ0v) is 19.7. The fourth-order valence-corrected chi connectivity index (χ4v) is 5.54.